The molecule has 1 aromatic carbocycles. The number of aliphatic hydroxyl groups is 1. The number of nitrogens with zero attached hydrogens (tertiary/aromatic N) is 3. The normalized spacial score (nSPS) is 13.6. The molecule has 7 nitrogen and oxygen atoms in total. The van der Waals surface area contributed by atoms with Gasteiger partial charge in [0.05, 0.1) is 26.3 Å². The summed E-state index contributed by atoms with van der Waals surface area (Å²) in [6.45, 7) is 3.35. The van der Waals surface area contributed by atoms with Crippen LogP contribution in [0.1, 0.15) is 24.1 Å². The fourth-order valence-corrected chi connectivity index (χ4v) is 3.05. The number of aryl methyl sites for hydroxylation is 1. The predicted octanol–water partition coefficient (Wildman–Crippen LogP) is 1.97. The van der Waals surface area contributed by atoms with Crippen LogP contribution in [0.25, 0.3) is 0 Å². The van der Waals surface area contributed by atoms with E-state index in [9.17, 15) is 9.90 Å². The van der Waals surface area contributed by atoms with Crippen molar-refractivity contribution in [2.24, 2.45) is 11.7 Å². The van der Waals surface area contributed by atoms with E-state index < -0.39 is 5.91 Å². The third-order valence-electron chi connectivity index (χ3n) is 4.52. The van der Waals surface area contributed by atoms with Crippen molar-refractivity contribution < 1.29 is 14.6 Å². The Morgan fingerprint density at radius 1 is 1.44 bits per heavy atom. The first-order valence-electron chi connectivity index (χ1n) is 9.06. The summed E-state index contributed by atoms with van der Waals surface area (Å²) in [6.07, 6.45) is 2.45. The maximum absolute atomic E-state index is 11.3. The Morgan fingerprint density at radius 3 is 2.89 bits per heavy atom. The van der Waals surface area contributed by atoms with Crippen molar-refractivity contribution in [3.8, 4) is 5.75 Å². The molecule has 0 atom stereocenters. The second-order valence-corrected chi connectivity index (χ2v) is 7.36. The highest BCUT2D eigenvalue weighted by Crippen LogP contribution is 2.31. The first kappa shape index (κ1) is 19.5. The lowest BCUT2D eigenvalue weighted by atomic mass is 10.2. The van der Waals surface area contributed by atoms with E-state index in [1.807, 2.05) is 35.9 Å². The van der Waals surface area contributed by atoms with Crippen LogP contribution in [0.3, 0.4) is 0 Å². The first-order valence-corrected chi connectivity index (χ1v) is 9.44. The number of primary amides is 1. The van der Waals surface area contributed by atoms with Gasteiger partial charge in [-0.3, -0.25) is 9.48 Å². The molecule has 1 amide bonds. The molecule has 1 aliphatic carbocycles. The van der Waals surface area contributed by atoms with E-state index in [0.717, 1.165) is 23.6 Å². The Balaban J connectivity index is 1.79. The Bertz CT molecular complexity index is 804. The molecule has 27 heavy (non-hydrogen) atoms. The molecule has 1 fully saturated rings. The zero-order valence-electron chi connectivity index (χ0n) is 15.4. The molecule has 146 valence electrons. The average molecular weight is 393 g/mol. The van der Waals surface area contributed by atoms with E-state index >= 15 is 0 Å². The molecule has 0 unspecified atom stereocenters. The average Bonchev–Trinajstić information content (AvgIpc) is 3.36. The highest BCUT2D eigenvalue weighted by molar-refractivity contribution is 6.30. The van der Waals surface area contributed by atoms with Crippen molar-refractivity contribution in [1.29, 1.82) is 0 Å². The molecule has 0 spiro atoms. The number of nitrogens with two attached hydrogens (primary N) is 1. The van der Waals surface area contributed by atoms with Crippen molar-refractivity contribution >= 4 is 23.3 Å². The van der Waals surface area contributed by atoms with Crippen LogP contribution < -0.4 is 15.4 Å². The molecule has 1 aromatic heterocycles. The second kappa shape index (κ2) is 8.63. The molecule has 3 N–H and O–H groups in total. The highest BCUT2D eigenvalue weighted by Gasteiger charge is 2.22. The molecule has 0 aliphatic heterocycles. The number of carbonyl (C=O) groups excluding carboxylic acids is 1. The lowest BCUT2D eigenvalue weighted by molar-refractivity contribution is -0.116. The lowest BCUT2D eigenvalue weighted by Gasteiger charge is -2.19. The molecular weight excluding hydrogens is 368 g/mol. The maximum atomic E-state index is 11.3. The number of anilines is 1. The Morgan fingerprint density at radius 2 is 2.22 bits per heavy atom. The van der Waals surface area contributed by atoms with Crippen LogP contribution in [0, 0.1) is 12.8 Å². The van der Waals surface area contributed by atoms with Gasteiger partial charge in [-0.15, -0.1) is 0 Å². The molecule has 3 rings (SSSR count). The van der Waals surface area contributed by atoms with Gasteiger partial charge in [0.2, 0.25) is 5.91 Å². The van der Waals surface area contributed by atoms with E-state index in [1.165, 1.54) is 12.8 Å². The number of hydrogen-bond acceptors (Lipinski definition) is 5. The molecule has 8 heteroatoms. The van der Waals surface area contributed by atoms with Gasteiger partial charge in [-0.05, 0) is 43.9 Å². The summed E-state index contributed by atoms with van der Waals surface area (Å²) in [4.78, 5) is 12.9. The molecular formula is C19H25ClN4O3. The Labute approximate surface area is 163 Å². The molecule has 0 bridgehead atoms. The number of amides is 1. The van der Waals surface area contributed by atoms with Gasteiger partial charge in [0.1, 0.15) is 5.75 Å². The van der Waals surface area contributed by atoms with Gasteiger partial charge in [-0.1, -0.05) is 11.6 Å². The van der Waals surface area contributed by atoms with E-state index in [0.29, 0.717) is 23.3 Å². The standard InChI is InChI=1S/C19H25ClN4O3/c1-13-8-19(23(6-7-25)11-18(21)26)22-24(13)10-15-9-16(20)4-5-17(15)27-12-14-2-3-14/h4-5,8-9,14,25H,2-3,6-7,10-12H2,1H3,(H2,21,26). The molecule has 1 saturated carbocycles. The van der Waals surface area contributed by atoms with Crippen molar-refractivity contribution in [2.75, 3.05) is 31.2 Å². The van der Waals surface area contributed by atoms with Crippen molar-refractivity contribution in [3.63, 3.8) is 0 Å². The predicted molar refractivity (Wildman–Crippen MR) is 104 cm³/mol. The number of hydrogen-bond donors (Lipinski definition) is 2. The summed E-state index contributed by atoms with van der Waals surface area (Å²) in [6, 6.07) is 7.48. The molecule has 2 aromatic rings. The van der Waals surface area contributed by atoms with Crippen LogP contribution in [0.2, 0.25) is 5.02 Å². The first-order chi connectivity index (χ1) is 13.0. The van der Waals surface area contributed by atoms with Crippen LogP contribution in [0.4, 0.5) is 5.82 Å². The van der Waals surface area contributed by atoms with Gasteiger partial charge in [0.15, 0.2) is 5.82 Å². The fourth-order valence-electron chi connectivity index (χ4n) is 2.86. The maximum Gasteiger partial charge on any atom is 0.237 e. The van der Waals surface area contributed by atoms with Gasteiger partial charge >= 0.3 is 0 Å². The SMILES string of the molecule is Cc1cc(N(CCO)CC(N)=O)nn1Cc1cc(Cl)ccc1OCC1CC1. The highest BCUT2D eigenvalue weighted by atomic mass is 35.5. The van der Waals surface area contributed by atoms with Gasteiger partial charge in [0.25, 0.3) is 0 Å². The van der Waals surface area contributed by atoms with Crippen molar-refractivity contribution in [2.45, 2.75) is 26.3 Å². The molecule has 1 aliphatic rings. The summed E-state index contributed by atoms with van der Waals surface area (Å²) < 4.78 is 7.80. The number of carbonyl (C=O) groups is 1. The fraction of sp³-hybridized carbons (Fsp3) is 0.474. The van der Waals surface area contributed by atoms with E-state index in [2.05, 4.69) is 5.10 Å². The van der Waals surface area contributed by atoms with Crippen LogP contribution in [0.15, 0.2) is 24.3 Å². The zero-order chi connectivity index (χ0) is 19.4. The van der Waals surface area contributed by atoms with Crippen molar-refractivity contribution in [1.82, 2.24) is 9.78 Å². The number of benzene rings is 1. The number of aliphatic hydroxyl groups excluding tert-OH is 1. The number of halogens is 1. The van der Waals surface area contributed by atoms with Gasteiger partial charge < -0.3 is 20.5 Å². The summed E-state index contributed by atoms with van der Waals surface area (Å²) in [5.41, 5.74) is 7.17. The third kappa shape index (κ3) is 5.37. The Hall–Kier alpha value is -2.25. The van der Waals surface area contributed by atoms with E-state index in [-0.39, 0.29) is 19.7 Å². The van der Waals surface area contributed by atoms with Crippen LogP contribution in [-0.4, -0.2) is 47.1 Å². The summed E-state index contributed by atoms with van der Waals surface area (Å²) >= 11 is 6.18. The lowest BCUT2D eigenvalue weighted by Crippen LogP contribution is -2.36. The molecule has 0 radical (unpaired) electrons. The number of rotatable bonds is 10. The van der Waals surface area contributed by atoms with Crippen LogP contribution in [0.5, 0.6) is 5.75 Å². The third-order valence-corrected chi connectivity index (χ3v) is 4.76. The van der Waals surface area contributed by atoms with Crippen molar-refractivity contribution in [3.05, 3.63) is 40.5 Å². The number of aromatic nitrogens is 2. The molecule has 1 heterocycles. The van der Waals surface area contributed by atoms with E-state index in [4.69, 9.17) is 22.1 Å². The summed E-state index contributed by atoms with van der Waals surface area (Å²) in [5, 5.41) is 14.5. The minimum atomic E-state index is -0.471. The largest absolute Gasteiger partial charge is 0.493 e. The minimum absolute atomic E-state index is 0.00390. The summed E-state index contributed by atoms with van der Waals surface area (Å²) in [7, 11) is 0. The zero-order valence-corrected chi connectivity index (χ0v) is 16.2. The second-order valence-electron chi connectivity index (χ2n) is 6.92. The Kier molecular flexibility index (Phi) is 6.23. The summed E-state index contributed by atoms with van der Waals surface area (Å²) in [5.74, 6) is 1.60. The monoisotopic (exact) mass is 392 g/mol. The van der Waals surface area contributed by atoms with Gasteiger partial charge in [-0.25, -0.2) is 0 Å². The van der Waals surface area contributed by atoms with Crippen LogP contribution >= 0.6 is 11.6 Å². The van der Waals surface area contributed by atoms with E-state index in [1.54, 1.807) is 4.90 Å². The molecule has 0 saturated heterocycles. The van der Waals surface area contributed by atoms with Crippen LogP contribution in [-0.2, 0) is 11.3 Å². The number of ether oxygens (including phenoxy) is 1. The van der Waals surface area contributed by atoms with Gasteiger partial charge in [-0.2, -0.15) is 5.10 Å². The topological polar surface area (TPSA) is 93.6 Å². The van der Waals surface area contributed by atoms with Gasteiger partial charge in [0, 0.05) is 28.9 Å². The quantitative estimate of drug-likeness (QED) is 0.644. The smallest absolute Gasteiger partial charge is 0.237 e. The minimum Gasteiger partial charge on any atom is -0.493 e.